The molecule has 23 nitrogen and oxygen atoms in total. The summed E-state index contributed by atoms with van der Waals surface area (Å²) >= 11 is 0. The number of nitrogens with zero attached hydrogens (tertiary/aromatic N) is 10. The number of hydrogen-bond acceptors (Lipinski definition) is 21. The van der Waals surface area contributed by atoms with Gasteiger partial charge in [0.2, 0.25) is 11.8 Å². The van der Waals surface area contributed by atoms with Crippen LogP contribution in [-0.4, -0.2) is 188 Å². The number of carboxylic acids is 2. The standard InChI is InChI=1S/2C28H38N4O3.C21H31N3O2.C4H4O4/c2*1-31(2)18-24-26(34-19-21-6-7-21)11-9-23-25(30-35-27(23)24)10-8-20-12-15-32(16-13-20)17-22-5-4-14-29-28(22)33-3;1-24(2)13-18-20(25-14-16-3-4-16)8-6-17-19(23-26-21(17)18)7-5-15-9-11-22-12-10-15;5-3(6)1-2-4(7)8/h2*4-5,9,11,14,20-21H,6-8,10,12-13,15-19H2,1-3H3;6,8,15-16,22H,3-5,7,9-14H2,1-2H3;1-2H,(H,5,6)(H,7,8)/b;;;2-1+. The van der Waals surface area contributed by atoms with E-state index in [9.17, 15) is 9.59 Å². The molecule has 3 aliphatic heterocycles. The van der Waals surface area contributed by atoms with Crippen LogP contribution >= 0.6 is 0 Å². The van der Waals surface area contributed by atoms with E-state index in [4.69, 9.17) is 47.5 Å². The minimum Gasteiger partial charge on any atom is -0.493 e. The number of pyridine rings is 2. The number of ether oxygens (including phenoxy) is 5. The lowest BCUT2D eigenvalue weighted by Gasteiger charge is -2.32. The number of carboxylic acid groups (broad SMARTS) is 2. The molecule has 3 aromatic carbocycles. The van der Waals surface area contributed by atoms with Crippen LogP contribution in [0.25, 0.3) is 32.9 Å². The molecule has 0 radical (unpaired) electrons. The van der Waals surface area contributed by atoms with Gasteiger partial charge in [-0.05, 0) is 281 Å². The molecule has 5 aromatic heterocycles. The van der Waals surface area contributed by atoms with Gasteiger partial charge in [-0.1, -0.05) is 27.6 Å². The van der Waals surface area contributed by atoms with Gasteiger partial charge in [0.15, 0.2) is 16.7 Å². The number of aromatic nitrogens is 5. The van der Waals surface area contributed by atoms with Crippen LogP contribution < -0.4 is 29.0 Å². The fourth-order valence-electron chi connectivity index (χ4n) is 14.2. The minimum atomic E-state index is -1.26. The van der Waals surface area contributed by atoms with Crippen molar-refractivity contribution in [3.8, 4) is 29.0 Å². The van der Waals surface area contributed by atoms with E-state index in [0.717, 1.165) is 266 Å². The average molecular weight is 1430 g/mol. The Morgan fingerprint density at radius 3 is 1.10 bits per heavy atom. The van der Waals surface area contributed by atoms with E-state index in [-0.39, 0.29) is 0 Å². The van der Waals surface area contributed by atoms with Crippen molar-refractivity contribution in [2.75, 3.05) is 116 Å². The smallest absolute Gasteiger partial charge is 0.328 e. The molecule has 0 atom stereocenters. The first kappa shape index (κ1) is 76.9. The number of benzene rings is 3. The van der Waals surface area contributed by atoms with E-state index in [1.54, 1.807) is 26.6 Å². The lowest BCUT2D eigenvalue weighted by Crippen LogP contribution is -2.33. The van der Waals surface area contributed by atoms with Crippen LogP contribution in [0.15, 0.2) is 98.8 Å². The molecule has 104 heavy (non-hydrogen) atoms. The SMILES string of the molecule is CN(C)Cc1c(OCC2CC2)ccc2c(CCC3CCNCC3)noc12.COc1ncccc1CN1CCC(CCc2noc3c(CN(C)C)c(OCC4CC4)ccc23)CC1.COc1ncccc1CN1CCC(CCc2noc3c(CN(C)C)c(OCC4CC4)ccc23)CC1.O=C(O)/C=C/C(=O)O. The summed E-state index contributed by atoms with van der Waals surface area (Å²) in [5.74, 6) is 6.24. The number of nitrogens with one attached hydrogen (secondary N) is 1. The topological polar surface area (TPSA) is 253 Å². The zero-order chi connectivity index (χ0) is 72.9. The third kappa shape index (κ3) is 22.9. The summed E-state index contributed by atoms with van der Waals surface area (Å²) in [7, 11) is 15.9. The first-order valence-corrected chi connectivity index (χ1v) is 37.8. The Morgan fingerprint density at radius 2 is 0.798 bits per heavy atom. The Bertz CT molecular complexity index is 3850. The Morgan fingerprint density at radius 1 is 0.471 bits per heavy atom. The van der Waals surface area contributed by atoms with E-state index in [0.29, 0.717) is 12.2 Å². The quantitative estimate of drug-likeness (QED) is 0.0331. The molecule has 8 heterocycles. The van der Waals surface area contributed by atoms with Crippen LogP contribution in [-0.2, 0) is 61.6 Å². The highest BCUT2D eigenvalue weighted by molar-refractivity contribution is 5.90. The maximum atomic E-state index is 9.55. The van der Waals surface area contributed by atoms with Gasteiger partial charge in [-0.15, -0.1) is 0 Å². The summed E-state index contributed by atoms with van der Waals surface area (Å²) in [6, 6.07) is 21.0. The first-order chi connectivity index (χ1) is 50.5. The number of carbonyl (C=O) groups is 2. The molecule has 8 aromatic rings. The third-order valence-electron chi connectivity index (χ3n) is 20.7. The summed E-state index contributed by atoms with van der Waals surface area (Å²) < 4.78 is 46.9. The van der Waals surface area contributed by atoms with Gasteiger partial charge in [-0.3, -0.25) is 9.80 Å². The fraction of sp³-hybridized carbons (Fsp3) is 0.568. The zero-order valence-corrected chi connectivity index (χ0v) is 62.6. The molecule has 3 N–H and O–H groups in total. The van der Waals surface area contributed by atoms with Gasteiger partial charge < -0.3 is 67.5 Å². The van der Waals surface area contributed by atoms with Gasteiger partial charge in [-0.2, -0.15) is 0 Å². The highest BCUT2D eigenvalue weighted by Gasteiger charge is 2.30. The van der Waals surface area contributed by atoms with Crippen molar-refractivity contribution < 1.29 is 57.1 Å². The van der Waals surface area contributed by atoms with Crippen LogP contribution in [0.2, 0.25) is 0 Å². The number of likely N-dealkylation sites (tertiary alicyclic amines) is 2. The molecule has 6 aliphatic rings. The van der Waals surface area contributed by atoms with Crippen molar-refractivity contribution in [3.05, 3.63) is 130 Å². The molecule has 3 saturated carbocycles. The van der Waals surface area contributed by atoms with Crippen LogP contribution in [0, 0.1) is 35.5 Å². The molecule has 0 bridgehead atoms. The minimum absolute atomic E-state index is 0.558. The molecule has 3 saturated heterocycles. The molecular formula is C81H111N11O12. The molecule has 0 spiro atoms. The summed E-state index contributed by atoms with van der Waals surface area (Å²) in [6.45, 7) is 13.3. The van der Waals surface area contributed by atoms with Gasteiger partial charge in [0, 0.05) is 84.6 Å². The number of aryl methyl sites for hydroxylation is 3. The van der Waals surface area contributed by atoms with Crippen molar-refractivity contribution >= 4 is 44.8 Å². The van der Waals surface area contributed by atoms with Crippen molar-refractivity contribution in [1.29, 1.82) is 0 Å². The zero-order valence-electron chi connectivity index (χ0n) is 62.6. The maximum Gasteiger partial charge on any atom is 0.328 e. The molecule has 6 fully saturated rings. The van der Waals surface area contributed by atoms with E-state index in [1.165, 1.54) is 83.5 Å². The normalized spacial score (nSPS) is 17.1. The Kier molecular flexibility index (Phi) is 28.2. The second-order valence-electron chi connectivity index (χ2n) is 30.2. The molecular weight excluding hydrogens is 1320 g/mol. The lowest BCUT2D eigenvalue weighted by atomic mass is 9.91. The second-order valence-corrected chi connectivity index (χ2v) is 30.2. The molecule has 14 rings (SSSR count). The van der Waals surface area contributed by atoms with Crippen molar-refractivity contribution in [2.45, 2.75) is 148 Å². The van der Waals surface area contributed by atoms with Crippen molar-refractivity contribution in [3.63, 3.8) is 0 Å². The number of methoxy groups -OCH3 is 2. The van der Waals surface area contributed by atoms with E-state index >= 15 is 0 Å². The van der Waals surface area contributed by atoms with E-state index in [2.05, 4.69) is 146 Å². The summed E-state index contributed by atoms with van der Waals surface area (Å²) in [5, 5.41) is 36.0. The van der Waals surface area contributed by atoms with Crippen LogP contribution in [0.4, 0.5) is 0 Å². The number of piperidine rings is 3. The van der Waals surface area contributed by atoms with Gasteiger partial charge in [0.05, 0.1) is 67.8 Å². The van der Waals surface area contributed by atoms with Crippen molar-refractivity contribution in [1.82, 2.24) is 55.3 Å². The highest BCUT2D eigenvalue weighted by atomic mass is 16.5. The Balaban J connectivity index is 0.000000150. The summed E-state index contributed by atoms with van der Waals surface area (Å²) in [4.78, 5) is 39.3. The van der Waals surface area contributed by atoms with Crippen LogP contribution in [0.5, 0.6) is 29.0 Å². The average Bonchev–Trinajstić information content (AvgIpc) is 1.63. The number of hydrogen-bond donors (Lipinski definition) is 3. The van der Waals surface area contributed by atoms with Crippen LogP contribution in [0.3, 0.4) is 0 Å². The van der Waals surface area contributed by atoms with Gasteiger partial charge >= 0.3 is 11.9 Å². The molecule has 562 valence electrons. The first-order valence-electron chi connectivity index (χ1n) is 37.8. The van der Waals surface area contributed by atoms with Gasteiger partial charge in [0.1, 0.15) is 17.2 Å². The van der Waals surface area contributed by atoms with Crippen molar-refractivity contribution in [2.24, 2.45) is 35.5 Å². The number of aliphatic carboxylic acids is 2. The van der Waals surface area contributed by atoms with E-state index in [1.807, 2.05) is 12.1 Å². The van der Waals surface area contributed by atoms with Crippen LogP contribution in [0.1, 0.15) is 141 Å². The number of fused-ring (bicyclic) bond motifs is 3. The summed E-state index contributed by atoms with van der Waals surface area (Å²) in [5.41, 5.74) is 11.6. The van der Waals surface area contributed by atoms with E-state index < -0.39 is 11.9 Å². The largest absolute Gasteiger partial charge is 0.493 e. The van der Waals surface area contributed by atoms with Gasteiger partial charge in [-0.25, -0.2) is 19.6 Å². The molecule has 0 amide bonds. The highest BCUT2D eigenvalue weighted by Crippen LogP contribution is 2.40. The monoisotopic (exact) mass is 1430 g/mol. The Labute approximate surface area is 612 Å². The maximum absolute atomic E-state index is 9.55. The molecule has 0 unspecified atom stereocenters. The molecule has 3 aliphatic carbocycles. The van der Waals surface area contributed by atoms with Gasteiger partial charge in [0.25, 0.3) is 0 Å². The fourth-order valence-corrected chi connectivity index (χ4v) is 14.2. The second kappa shape index (κ2) is 38.2. The number of rotatable bonds is 32. The Hall–Kier alpha value is -8.19. The molecule has 23 heteroatoms. The third-order valence-corrected chi connectivity index (χ3v) is 20.7. The lowest BCUT2D eigenvalue weighted by molar-refractivity contribution is -0.134. The predicted octanol–water partition coefficient (Wildman–Crippen LogP) is 13.2. The summed E-state index contributed by atoms with van der Waals surface area (Å²) in [6.07, 6.45) is 26.2. The predicted molar refractivity (Wildman–Crippen MR) is 401 cm³/mol.